The minimum atomic E-state index is -0.455. The van der Waals surface area contributed by atoms with E-state index in [4.69, 9.17) is 10.2 Å². The van der Waals surface area contributed by atoms with Crippen LogP contribution in [-0.4, -0.2) is 15.0 Å². The van der Waals surface area contributed by atoms with Crippen LogP contribution in [0, 0.1) is 6.92 Å². The van der Waals surface area contributed by atoms with Gasteiger partial charge in [-0.25, -0.2) is 9.78 Å². The van der Waals surface area contributed by atoms with Gasteiger partial charge in [-0.05, 0) is 25.1 Å². The predicted molar refractivity (Wildman–Crippen MR) is 67.0 cm³/mol. The van der Waals surface area contributed by atoms with Gasteiger partial charge in [0.2, 0.25) is 0 Å². The zero-order valence-corrected chi connectivity index (χ0v) is 9.78. The number of hydrogen-bond acceptors (Lipinski definition) is 4. The number of nitrogens with two attached hydrogens (primary N) is 1. The molecule has 0 bridgehead atoms. The molecule has 0 fully saturated rings. The highest BCUT2D eigenvalue weighted by Crippen LogP contribution is 2.24. The zero-order valence-electron chi connectivity index (χ0n) is 9.78. The van der Waals surface area contributed by atoms with E-state index < -0.39 is 5.76 Å². The van der Waals surface area contributed by atoms with Crippen LogP contribution in [0.2, 0.25) is 0 Å². The number of fused-ring (bicyclic) bond motifs is 1. The van der Waals surface area contributed by atoms with Gasteiger partial charge < -0.3 is 15.1 Å². The summed E-state index contributed by atoms with van der Waals surface area (Å²) >= 11 is 0. The average Bonchev–Trinajstić information content (AvgIpc) is 2.89. The molecule has 3 rings (SSSR count). The second kappa shape index (κ2) is 3.85. The third-order valence-electron chi connectivity index (χ3n) is 2.82. The Labute approximate surface area is 102 Å². The summed E-state index contributed by atoms with van der Waals surface area (Å²) in [6, 6.07) is 5.45. The van der Waals surface area contributed by atoms with Crippen molar-refractivity contribution in [2.24, 2.45) is 5.73 Å². The number of rotatable bonds is 2. The summed E-state index contributed by atoms with van der Waals surface area (Å²) in [6.45, 7) is 2.30. The molecule has 6 nitrogen and oxygen atoms in total. The molecule has 0 unspecified atom stereocenters. The van der Waals surface area contributed by atoms with Gasteiger partial charge in [-0.1, -0.05) is 0 Å². The number of H-pyrrole nitrogens is 2. The van der Waals surface area contributed by atoms with Gasteiger partial charge in [0, 0.05) is 11.3 Å². The molecule has 2 heterocycles. The summed E-state index contributed by atoms with van der Waals surface area (Å²) in [5, 5.41) is 0. The number of imidazole rings is 1. The van der Waals surface area contributed by atoms with Gasteiger partial charge in [-0.15, -0.1) is 0 Å². The van der Waals surface area contributed by atoms with Crippen molar-refractivity contribution in [1.29, 1.82) is 0 Å². The van der Waals surface area contributed by atoms with Crippen LogP contribution in [0.3, 0.4) is 0 Å². The molecular formula is C12H12N4O2. The smallest absolute Gasteiger partial charge is 0.408 e. The lowest BCUT2D eigenvalue weighted by Gasteiger charge is -1.97. The number of oxazole rings is 1. The highest BCUT2D eigenvalue weighted by atomic mass is 16.4. The molecular weight excluding hydrogens is 232 g/mol. The Morgan fingerprint density at radius 2 is 2.22 bits per heavy atom. The van der Waals surface area contributed by atoms with Crippen LogP contribution >= 0.6 is 0 Å². The molecule has 2 aromatic heterocycles. The normalized spacial score (nSPS) is 11.2. The van der Waals surface area contributed by atoms with Crippen molar-refractivity contribution < 1.29 is 4.42 Å². The van der Waals surface area contributed by atoms with E-state index in [0.29, 0.717) is 17.6 Å². The Kier molecular flexibility index (Phi) is 2.31. The number of nitrogens with one attached hydrogen (secondary N) is 2. The third-order valence-corrected chi connectivity index (χ3v) is 2.82. The molecule has 0 radical (unpaired) electrons. The Bertz CT molecular complexity index is 766. The lowest BCUT2D eigenvalue weighted by Crippen LogP contribution is -1.97. The van der Waals surface area contributed by atoms with Crippen LogP contribution in [0.4, 0.5) is 0 Å². The lowest BCUT2D eigenvalue weighted by molar-refractivity contribution is 0.555. The van der Waals surface area contributed by atoms with Gasteiger partial charge in [0.25, 0.3) is 0 Å². The maximum Gasteiger partial charge on any atom is 0.417 e. The van der Waals surface area contributed by atoms with Gasteiger partial charge in [0.05, 0.1) is 17.8 Å². The molecule has 4 N–H and O–H groups in total. The number of aromatic nitrogens is 3. The fraction of sp³-hybridized carbons (Fsp3) is 0.167. The maximum atomic E-state index is 11.1. The van der Waals surface area contributed by atoms with Gasteiger partial charge in [-0.2, -0.15) is 0 Å². The monoisotopic (exact) mass is 244 g/mol. The fourth-order valence-corrected chi connectivity index (χ4v) is 2.00. The van der Waals surface area contributed by atoms with E-state index in [1.807, 2.05) is 19.1 Å². The summed E-state index contributed by atoms with van der Waals surface area (Å²) in [5.41, 5.74) is 9.43. The Hall–Kier alpha value is -2.34. The lowest BCUT2D eigenvalue weighted by atomic mass is 10.1. The number of nitrogens with zero attached hydrogens (tertiary/aromatic N) is 1. The zero-order chi connectivity index (χ0) is 12.7. The molecule has 6 heteroatoms. The summed E-state index contributed by atoms with van der Waals surface area (Å²) in [6.07, 6.45) is 0. The minimum Gasteiger partial charge on any atom is -0.408 e. The van der Waals surface area contributed by atoms with E-state index >= 15 is 0 Å². The SMILES string of the molecule is Cc1[nH]c(CN)nc1-c1ccc2oc(=O)[nH]c2c1. The third kappa shape index (κ3) is 1.63. The molecule has 0 spiro atoms. The molecule has 0 aliphatic rings. The molecule has 0 saturated heterocycles. The Morgan fingerprint density at radius 1 is 1.39 bits per heavy atom. The summed E-state index contributed by atoms with van der Waals surface area (Å²) in [5.74, 6) is 0.284. The fourth-order valence-electron chi connectivity index (χ4n) is 2.00. The van der Waals surface area contributed by atoms with E-state index in [-0.39, 0.29) is 0 Å². The van der Waals surface area contributed by atoms with E-state index in [0.717, 1.165) is 22.8 Å². The van der Waals surface area contributed by atoms with Gasteiger partial charge in [-0.3, -0.25) is 4.98 Å². The first-order chi connectivity index (χ1) is 8.67. The second-order valence-corrected chi connectivity index (χ2v) is 4.09. The minimum absolute atomic E-state index is 0.367. The van der Waals surface area contributed by atoms with Crippen molar-refractivity contribution in [2.45, 2.75) is 13.5 Å². The molecule has 18 heavy (non-hydrogen) atoms. The van der Waals surface area contributed by atoms with Crippen LogP contribution in [0.25, 0.3) is 22.4 Å². The maximum absolute atomic E-state index is 11.1. The van der Waals surface area contributed by atoms with E-state index in [1.165, 1.54) is 0 Å². The summed E-state index contributed by atoms with van der Waals surface area (Å²) in [4.78, 5) is 21.2. The van der Waals surface area contributed by atoms with Gasteiger partial charge >= 0.3 is 5.76 Å². The van der Waals surface area contributed by atoms with Crippen molar-refractivity contribution >= 4 is 11.1 Å². The van der Waals surface area contributed by atoms with E-state index in [2.05, 4.69) is 15.0 Å². The first kappa shape index (κ1) is 10.8. The molecule has 0 aliphatic carbocycles. The summed E-state index contributed by atoms with van der Waals surface area (Å²) in [7, 11) is 0. The predicted octanol–water partition coefficient (Wildman–Crippen LogP) is 1.28. The first-order valence-corrected chi connectivity index (χ1v) is 5.56. The van der Waals surface area contributed by atoms with Crippen molar-refractivity contribution in [1.82, 2.24) is 15.0 Å². The van der Waals surface area contributed by atoms with Crippen molar-refractivity contribution in [2.75, 3.05) is 0 Å². The van der Waals surface area contributed by atoms with Gasteiger partial charge in [0.15, 0.2) is 5.58 Å². The number of benzene rings is 1. The van der Waals surface area contributed by atoms with Crippen LogP contribution in [0.5, 0.6) is 0 Å². The van der Waals surface area contributed by atoms with Crippen molar-refractivity contribution in [3.63, 3.8) is 0 Å². The van der Waals surface area contributed by atoms with Crippen molar-refractivity contribution in [3.8, 4) is 11.3 Å². The van der Waals surface area contributed by atoms with Crippen molar-refractivity contribution in [3.05, 3.63) is 40.3 Å². The van der Waals surface area contributed by atoms with Crippen LogP contribution in [-0.2, 0) is 6.54 Å². The topological polar surface area (TPSA) is 101 Å². The Morgan fingerprint density at radius 3 is 2.94 bits per heavy atom. The molecule has 92 valence electrons. The molecule has 0 atom stereocenters. The number of hydrogen-bond donors (Lipinski definition) is 3. The quantitative estimate of drug-likeness (QED) is 0.632. The van der Waals surface area contributed by atoms with Crippen LogP contribution < -0.4 is 11.5 Å². The molecule has 0 amide bonds. The number of aromatic amines is 2. The molecule has 1 aromatic carbocycles. The Balaban J connectivity index is 2.18. The second-order valence-electron chi connectivity index (χ2n) is 4.09. The largest absolute Gasteiger partial charge is 0.417 e. The standard InChI is InChI=1S/C12H12N4O2/c1-6-11(16-10(5-13)14-6)7-2-3-9-8(4-7)15-12(17)18-9/h2-4H,5,13H2,1H3,(H,14,16)(H,15,17). The highest BCUT2D eigenvalue weighted by Gasteiger charge is 2.10. The summed E-state index contributed by atoms with van der Waals surface area (Å²) < 4.78 is 4.96. The van der Waals surface area contributed by atoms with Gasteiger partial charge in [0.1, 0.15) is 5.82 Å². The van der Waals surface area contributed by atoms with Crippen LogP contribution in [0.1, 0.15) is 11.5 Å². The van der Waals surface area contributed by atoms with E-state index in [1.54, 1.807) is 6.07 Å². The average molecular weight is 244 g/mol. The van der Waals surface area contributed by atoms with E-state index in [9.17, 15) is 4.79 Å². The van der Waals surface area contributed by atoms with Crippen LogP contribution in [0.15, 0.2) is 27.4 Å². The number of aryl methyl sites for hydroxylation is 1. The molecule has 3 aromatic rings. The first-order valence-electron chi connectivity index (χ1n) is 5.56. The molecule has 0 saturated carbocycles. The molecule has 0 aliphatic heterocycles. The highest BCUT2D eigenvalue weighted by molar-refractivity contribution is 5.79.